The normalized spacial score (nSPS) is 15.5. The zero-order valence-electron chi connectivity index (χ0n) is 19.4. The molecule has 1 fully saturated rings. The van der Waals surface area contributed by atoms with Crippen LogP contribution in [0.2, 0.25) is 0 Å². The molecule has 0 bridgehead atoms. The second-order valence-electron chi connectivity index (χ2n) is 8.39. The van der Waals surface area contributed by atoms with Gasteiger partial charge in [0.25, 0.3) is 0 Å². The first kappa shape index (κ1) is 22.6. The first-order chi connectivity index (χ1) is 16.0. The van der Waals surface area contributed by atoms with Crippen molar-refractivity contribution in [3.05, 3.63) is 60.4 Å². The van der Waals surface area contributed by atoms with Crippen molar-refractivity contribution in [2.45, 2.75) is 32.1 Å². The molecule has 33 heavy (non-hydrogen) atoms. The summed E-state index contributed by atoms with van der Waals surface area (Å²) in [6, 6.07) is 7.98. The number of hydrogen-bond donors (Lipinski definition) is 0. The number of benzene rings is 1. The molecule has 0 N–H and O–H groups in total. The molecule has 0 radical (unpaired) electrons. The molecule has 1 saturated heterocycles. The molecule has 172 valence electrons. The van der Waals surface area contributed by atoms with Crippen LogP contribution in [-0.2, 0) is 11.2 Å². The Morgan fingerprint density at radius 3 is 2.61 bits per heavy atom. The summed E-state index contributed by atoms with van der Waals surface area (Å²) in [4.78, 5) is 34.4. The first-order valence-electron chi connectivity index (χ1n) is 11.3. The molecule has 8 nitrogen and oxygen atoms in total. The predicted molar refractivity (Wildman–Crippen MR) is 127 cm³/mol. The zero-order chi connectivity index (χ0) is 23.2. The quantitative estimate of drug-likeness (QED) is 0.525. The van der Waals surface area contributed by atoms with E-state index in [2.05, 4.69) is 15.0 Å². The Labute approximate surface area is 194 Å². The average Bonchev–Trinajstić information content (AvgIpc) is 3.34. The van der Waals surface area contributed by atoms with Crippen molar-refractivity contribution in [1.29, 1.82) is 0 Å². The molecule has 1 aliphatic heterocycles. The summed E-state index contributed by atoms with van der Waals surface area (Å²) in [6.07, 6.45) is 8.99. The number of carbonyl (C=O) groups excluding carboxylic acids is 1. The van der Waals surface area contributed by atoms with Gasteiger partial charge in [-0.2, -0.15) is 0 Å². The van der Waals surface area contributed by atoms with E-state index in [-0.39, 0.29) is 11.8 Å². The largest absolute Gasteiger partial charge is 0.494 e. The molecule has 0 saturated carbocycles. The molecule has 3 heterocycles. The highest BCUT2D eigenvalue weighted by Crippen LogP contribution is 2.34. The van der Waals surface area contributed by atoms with Crippen molar-refractivity contribution in [3.8, 4) is 16.9 Å². The van der Waals surface area contributed by atoms with E-state index in [0.29, 0.717) is 25.5 Å². The summed E-state index contributed by atoms with van der Waals surface area (Å²) >= 11 is 0. The van der Waals surface area contributed by atoms with Crippen molar-refractivity contribution < 1.29 is 9.53 Å². The van der Waals surface area contributed by atoms with Gasteiger partial charge in [-0.25, -0.2) is 19.9 Å². The van der Waals surface area contributed by atoms with Gasteiger partial charge in [0, 0.05) is 69.2 Å². The number of amides is 1. The number of rotatable bonds is 8. The van der Waals surface area contributed by atoms with E-state index in [9.17, 15) is 4.79 Å². The fourth-order valence-corrected chi connectivity index (χ4v) is 4.11. The number of aryl methyl sites for hydroxylation is 1. The number of carbonyl (C=O) groups is 1. The third-order valence-electron chi connectivity index (χ3n) is 5.87. The van der Waals surface area contributed by atoms with Crippen LogP contribution < -0.4 is 9.64 Å². The van der Waals surface area contributed by atoms with E-state index in [4.69, 9.17) is 9.72 Å². The number of anilines is 1. The Bertz CT molecular complexity index is 1070. The van der Waals surface area contributed by atoms with Crippen molar-refractivity contribution in [3.63, 3.8) is 0 Å². The van der Waals surface area contributed by atoms with Crippen molar-refractivity contribution >= 4 is 11.9 Å². The van der Waals surface area contributed by atoms with Crippen LogP contribution in [0.3, 0.4) is 0 Å². The zero-order valence-corrected chi connectivity index (χ0v) is 19.4. The molecule has 4 rings (SSSR count). The summed E-state index contributed by atoms with van der Waals surface area (Å²) < 4.78 is 5.49. The number of ether oxygens (including phenoxy) is 1. The number of hydrogen-bond acceptors (Lipinski definition) is 7. The second kappa shape index (κ2) is 10.4. The summed E-state index contributed by atoms with van der Waals surface area (Å²) in [5.41, 5.74) is 3.90. The lowest BCUT2D eigenvalue weighted by Gasteiger charge is -2.19. The summed E-state index contributed by atoms with van der Waals surface area (Å²) in [5, 5.41) is 0. The Morgan fingerprint density at radius 2 is 1.91 bits per heavy atom. The molecule has 1 amide bonds. The highest BCUT2D eigenvalue weighted by molar-refractivity contribution is 5.77. The van der Waals surface area contributed by atoms with Crippen LogP contribution in [0.25, 0.3) is 11.1 Å². The van der Waals surface area contributed by atoms with Gasteiger partial charge in [-0.3, -0.25) is 4.79 Å². The van der Waals surface area contributed by atoms with E-state index in [1.807, 2.05) is 61.3 Å². The van der Waals surface area contributed by atoms with E-state index in [1.54, 1.807) is 12.4 Å². The van der Waals surface area contributed by atoms with E-state index >= 15 is 0 Å². The molecule has 8 heteroatoms. The lowest BCUT2D eigenvalue weighted by Crippen LogP contribution is -2.28. The summed E-state index contributed by atoms with van der Waals surface area (Å²) in [6.45, 7) is 4.01. The van der Waals surface area contributed by atoms with Crippen LogP contribution in [0.1, 0.15) is 36.9 Å². The molecule has 0 unspecified atom stereocenters. The fourth-order valence-electron chi connectivity index (χ4n) is 4.11. The number of nitrogens with zero attached hydrogens (tertiary/aromatic N) is 6. The van der Waals surface area contributed by atoms with Crippen molar-refractivity contribution in [2.75, 3.05) is 38.7 Å². The SMILES string of the molecule is CCOc1ccc(CCC(=O)N2CC[C@H](c3nc(N(C)C)ncc3-c3cncnc3)C2)cc1. The lowest BCUT2D eigenvalue weighted by atomic mass is 9.97. The second-order valence-corrected chi connectivity index (χ2v) is 8.39. The maximum atomic E-state index is 12.9. The van der Waals surface area contributed by atoms with Gasteiger partial charge in [-0.15, -0.1) is 0 Å². The Balaban J connectivity index is 1.44. The Morgan fingerprint density at radius 1 is 1.15 bits per heavy atom. The van der Waals surface area contributed by atoms with Gasteiger partial charge in [0.1, 0.15) is 12.1 Å². The highest BCUT2D eigenvalue weighted by atomic mass is 16.5. The molecule has 0 aliphatic carbocycles. The fraction of sp³-hybridized carbons (Fsp3) is 0.400. The van der Waals surface area contributed by atoms with Gasteiger partial charge in [0.2, 0.25) is 11.9 Å². The highest BCUT2D eigenvalue weighted by Gasteiger charge is 2.30. The smallest absolute Gasteiger partial charge is 0.225 e. The van der Waals surface area contributed by atoms with Crippen molar-refractivity contribution in [2.24, 2.45) is 0 Å². The van der Waals surface area contributed by atoms with E-state index in [0.717, 1.165) is 47.5 Å². The van der Waals surface area contributed by atoms with E-state index in [1.165, 1.54) is 6.33 Å². The monoisotopic (exact) mass is 446 g/mol. The third-order valence-corrected chi connectivity index (χ3v) is 5.87. The maximum absolute atomic E-state index is 12.9. The molecule has 3 aromatic rings. The van der Waals surface area contributed by atoms with Gasteiger partial charge >= 0.3 is 0 Å². The summed E-state index contributed by atoms with van der Waals surface area (Å²) in [7, 11) is 3.85. The van der Waals surface area contributed by atoms with Crippen LogP contribution >= 0.6 is 0 Å². The third kappa shape index (κ3) is 5.45. The maximum Gasteiger partial charge on any atom is 0.225 e. The van der Waals surface area contributed by atoms with Crippen LogP contribution in [0, 0.1) is 0 Å². The van der Waals surface area contributed by atoms with Crippen LogP contribution in [-0.4, -0.2) is 64.5 Å². The van der Waals surface area contributed by atoms with Gasteiger partial charge in [-0.1, -0.05) is 12.1 Å². The minimum Gasteiger partial charge on any atom is -0.494 e. The predicted octanol–water partition coefficient (Wildman–Crippen LogP) is 3.35. The van der Waals surface area contributed by atoms with Gasteiger partial charge < -0.3 is 14.5 Å². The van der Waals surface area contributed by atoms with Gasteiger partial charge in [0.05, 0.1) is 12.3 Å². The van der Waals surface area contributed by atoms with E-state index < -0.39 is 0 Å². The van der Waals surface area contributed by atoms with Gasteiger partial charge in [0.15, 0.2) is 0 Å². The molecule has 1 atom stereocenters. The molecule has 1 aliphatic rings. The minimum absolute atomic E-state index is 0.149. The Kier molecular flexibility index (Phi) is 7.12. The summed E-state index contributed by atoms with van der Waals surface area (Å²) in [5.74, 6) is 1.84. The number of aromatic nitrogens is 4. The average molecular weight is 447 g/mol. The van der Waals surface area contributed by atoms with Crippen LogP contribution in [0.5, 0.6) is 5.75 Å². The Hall–Kier alpha value is -3.55. The lowest BCUT2D eigenvalue weighted by molar-refractivity contribution is -0.130. The molecule has 2 aromatic heterocycles. The molecule has 0 spiro atoms. The number of likely N-dealkylation sites (tertiary alicyclic amines) is 1. The van der Waals surface area contributed by atoms with Crippen LogP contribution in [0.15, 0.2) is 49.2 Å². The first-order valence-corrected chi connectivity index (χ1v) is 11.3. The standard InChI is InChI=1S/C25H30N6O2/c1-4-33-21-8-5-18(6-9-21)7-10-23(32)31-12-11-19(16-31)24-22(20-13-26-17-27-14-20)15-28-25(29-24)30(2)3/h5-6,8-9,13-15,17,19H,4,7,10-12,16H2,1-3H3/t19-/m0/s1. The van der Waals surface area contributed by atoms with Crippen LogP contribution in [0.4, 0.5) is 5.95 Å². The van der Waals surface area contributed by atoms with Gasteiger partial charge in [-0.05, 0) is 37.5 Å². The topological polar surface area (TPSA) is 84.3 Å². The van der Waals surface area contributed by atoms with Crippen molar-refractivity contribution in [1.82, 2.24) is 24.8 Å². The molecule has 1 aromatic carbocycles. The minimum atomic E-state index is 0.149. The molecular formula is C25H30N6O2. The molecular weight excluding hydrogens is 416 g/mol.